The molecule has 0 aromatic rings. The van der Waals surface area contributed by atoms with Gasteiger partial charge in [0.15, 0.2) is 0 Å². The Labute approximate surface area is 79.7 Å². The van der Waals surface area contributed by atoms with Gasteiger partial charge in [-0.25, -0.2) is 0 Å². The average Bonchev–Trinajstić information content (AvgIpc) is 2.39. The van der Waals surface area contributed by atoms with Gasteiger partial charge in [-0.3, -0.25) is 0 Å². The third kappa shape index (κ3) is 3.19. The van der Waals surface area contributed by atoms with Gasteiger partial charge in [0, 0.05) is 0 Å². The van der Waals surface area contributed by atoms with Crippen LogP contribution < -0.4 is 0 Å². The Kier molecular flexibility index (Phi) is 3.49. The zero-order valence-corrected chi connectivity index (χ0v) is 8.19. The van der Waals surface area contributed by atoms with E-state index < -0.39 is 0 Å². The molecule has 2 heteroatoms. The molecule has 1 heterocycles. The number of hydrogen-bond acceptors (Lipinski definition) is 1. The predicted octanol–water partition coefficient (Wildman–Crippen LogP) is 1.70. The molecule has 0 radical (unpaired) electrons. The normalized spacial score (nSPS) is 21.1. The molecule has 0 aromatic heterocycles. The molecule has 60 valence electrons. The van der Waals surface area contributed by atoms with E-state index in [1.54, 1.807) is 0 Å². The van der Waals surface area contributed by atoms with Crippen LogP contribution in [-0.2, 0) is 0 Å². The van der Waals surface area contributed by atoms with Gasteiger partial charge >= 0.3 is 79.4 Å². The zero-order valence-electron chi connectivity index (χ0n) is 8.19. The van der Waals surface area contributed by atoms with E-state index in [-0.39, 0.29) is 0 Å². The van der Waals surface area contributed by atoms with Crippen LogP contribution in [0.15, 0.2) is 0 Å². The SMILES string of the molecule is [Li][CH2]C(C)(C)CN1CCCC1. The molecule has 1 rings (SSSR count). The molecule has 11 heavy (non-hydrogen) atoms. The molecule has 0 aliphatic carbocycles. The molecule has 1 nitrogen and oxygen atoms in total. The van der Waals surface area contributed by atoms with Crippen molar-refractivity contribution in [1.29, 1.82) is 0 Å². The summed E-state index contributed by atoms with van der Waals surface area (Å²) in [6, 6.07) is 0. The van der Waals surface area contributed by atoms with Gasteiger partial charge in [-0.05, 0) is 0 Å². The second kappa shape index (κ2) is 3.98. The Morgan fingerprint density at radius 1 is 1.27 bits per heavy atom. The summed E-state index contributed by atoms with van der Waals surface area (Å²) in [6.45, 7) is 8.70. The van der Waals surface area contributed by atoms with Crippen molar-refractivity contribution in [2.45, 2.75) is 31.8 Å². The fourth-order valence-electron chi connectivity index (χ4n) is 1.66. The quantitative estimate of drug-likeness (QED) is 0.549. The first-order valence-electron chi connectivity index (χ1n) is 4.86. The number of hydrogen-bond donors (Lipinski definition) is 0. The predicted molar refractivity (Wildman–Crippen MR) is 50.0 cm³/mol. The molecule has 0 N–H and O–H groups in total. The first-order chi connectivity index (χ1) is 5.14. The summed E-state index contributed by atoms with van der Waals surface area (Å²) in [4.78, 5) is 2.60. The molecule has 1 aliphatic rings. The van der Waals surface area contributed by atoms with E-state index >= 15 is 0 Å². The summed E-state index contributed by atoms with van der Waals surface area (Å²) < 4.78 is 0. The Hall–Kier alpha value is 0.557. The van der Waals surface area contributed by atoms with Gasteiger partial charge in [0.2, 0.25) is 0 Å². The van der Waals surface area contributed by atoms with Crippen molar-refractivity contribution in [3.05, 3.63) is 0 Å². The summed E-state index contributed by atoms with van der Waals surface area (Å²) in [5.74, 6) is 0. The van der Waals surface area contributed by atoms with Crippen LogP contribution >= 0.6 is 0 Å². The van der Waals surface area contributed by atoms with Crippen LogP contribution in [0.2, 0.25) is 5.09 Å². The van der Waals surface area contributed by atoms with E-state index in [0.29, 0.717) is 5.41 Å². The number of rotatable bonds is 3. The van der Waals surface area contributed by atoms with Crippen LogP contribution in [0.3, 0.4) is 0 Å². The molecule has 0 amide bonds. The van der Waals surface area contributed by atoms with Crippen molar-refractivity contribution in [3.63, 3.8) is 0 Å². The fraction of sp³-hybridized carbons (Fsp3) is 1.00. The summed E-state index contributed by atoms with van der Waals surface area (Å²) in [7, 11) is 0. The van der Waals surface area contributed by atoms with E-state index in [2.05, 4.69) is 36.5 Å². The Bertz CT molecular complexity index is 117. The third-order valence-corrected chi connectivity index (χ3v) is 2.81. The first kappa shape index (κ1) is 9.64. The van der Waals surface area contributed by atoms with Crippen molar-refractivity contribution in [2.24, 2.45) is 5.41 Å². The molecule has 0 unspecified atom stereocenters. The van der Waals surface area contributed by atoms with Gasteiger partial charge in [-0.15, -0.1) is 0 Å². The Morgan fingerprint density at radius 2 is 1.82 bits per heavy atom. The molecular formula is C9H18LiN. The van der Waals surface area contributed by atoms with Gasteiger partial charge in [0.1, 0.15) is 0 Å². The fourth-order valence-corrected chi connectivity index (χ4v) is 1.66. The second-order valence-corrected chi connectivity index (χ2v) is 4.50. The van der Waals surface area contributed by atoms with Crippen LogP contribution in [0.5, 0.6) is 0 Å². The standard InChI is InChI=1S/C9H18N.Li/c1-9(2,3)8-10-6-4-5-7-10;/h1,4-8H2,2-3H3;. The topological polar surface area (TPSA) is 3.24 Å². The Morgan fingerprint density at radius 3 is 2.27 bits per heavy atom. The minimum absolute atomic E-state index is 0.532. The molecule has 1 aliphatic heterocycles. The zero-order chi connectivity index (χ0) is 8.32. The average molecular weight is 147 g/mol. The summed E-state index contributed by atoms with van der Waals surface area (Å²) in [5, 5.41) is 1.30. The van der Waals surface area contributed by atoms with E-state index in [4.69, 9.17) is 0 Å². The molecular weight excluding hydrogens is 129 g/mol. The van der Waals surface area contributed by atoms with Crippen LogP contribution in [0.1, 0.15) is 26.7 Å². The number of nitrogens with zero attached hydrogens (tertiary/aromatic N) is 1. The second-order valence-electron chi connectivity index (χ2n) is 4.50. The van der Waals surface area contributed by atoms with Crippen molar-refractivity contribution >= 4 is 17.7 Å². The van der Waals surface area contributed by atoms with Crippen LogP contribution in [-0.4, -0.2) is 42.2 Å². The molecule has 1 fully saturated rings. The molecule has 0 saturated carbocycles. The Balaban J connectivity index is 2.28. The summed E-state index contributed by atoms with van der Waals surface area (Å²) in [6.07, 6.45) is 2.83. The van der Waals surface area contributed by atoms with Gasteiger partial charge in [0.25, 0.3) is 0 Å². The number of likely N-dealkylation sites (tertiary alicyclic amines) is 1. The molecule has 0 bridgehead atoms. The van der Waals surface area contributed by atoms with Gasteiger partial charge in [-0.1, -0.05) is 0 Å². The first-order valence-corrected chi connectivity index (χ1v) is 4.86. The van der Waals surface area contributed by atoms with Crippen molar-refractivity contribution in [3.8, 4) is 0 Å². The van der Waals surface area contributed by atoms with Gasteiger partial charge in [0.05, 0.1) is 0 Å². The van der Waals surface area contributed by atoms with E-state index in [9.17, 15) is 0 Å². The van der Waals surface area contributed by atoms with E-state index in [1.165, 1.54) is 37.6 Å². The molecule has 0 atom stereocenters. The maximum atomic E-state index is 2.60. The van der Waals surface area contributed by atoms with E-state index in [0.717, 1.165) is 0 Å². The minimum atomic E-state index is 0.532. The molecule has 1 saturated heterocycles. The van der Waals surface area contributed by atoms with Crippen molar-refractivity contribution < 1.29 is 0 Å². The van der Waals surface area contributed by atoms with Gasteiger partial charge in [-0.2, -0.15) is 0 Å². The summed E-state index contributed by atoms with van der Waals surface area (Å²) in [5.41, 5.74) is 0.532. The third-order valence-electron chi connectivity index (χ3n) is 2.81. The monoisotopic (exact) mass is 147 g/mol. The van der Waals surface area contributed by atoms with Crippen LogP contribution in [0.25, 0.3) is 0 Å². The van der Waals surface area contributed by atoms with Gasteiger partial charge < -0.3 is 0 Å². The molecule has 0 spiro atoms. The summed E-state index contributed by atoms with van der Waals surface area (Å²) >= 11 is 2.29. The molecule has 0 aromatic carbocycles. The van der Waals surface area contributed by atoms with Crippen molar-refractivity contribution in [1.82, 2.24) is 4.90 Å². The van der Waals surface area contributed by atoms with Crippen LogP contribution in [0.4, 0.5) is 0 Å². The van der Waals surface area contributed by atoms with Crippen molar-refractivity contribution in [2.75, 3.05) is 19.6 Å². The van der Waals surface area contributed by atoms with E-state index in [1.807, 2.05) is 0 Å². The van der Waals surface area contributed by atoms with Crippen LogP contribution in [0, 0.1) is 5.41 Å². The maximum absolute atomic E-state index is 2.60.